The number of carbonyl (C=O) groups excluding carboxylic acids is 1. The molecule has 4 rings (SSSR count). The van der Waals surface area contributed by atoms with Crippen LogP contribution >= 0.6 is 0 Å². The fourth-order valence-corrected chi connectivity index (χ4v) is 4.51. The largest absolute Gasteiger partial charge is 0.503 e. The second-order valence-electron chi connectivity index (χ2n) is 8.12. The van der Waals surface area contributed by atoms with Crippen molar-refractivity contribution in [3.63, 3.8) is 0 Å². The summed E-state index contributed by atoms with van der Waals surface area (Å²) in [5, 5.41) is 19.2. The first-order chi connectivity index (χ1) is 15.6. The van der Waals surface area contributed by atoms with Gasteiger partial charge in [0.25, 0.3) is 0 Å². The van der Waals surface area contributed by atoms with Crippen LogP contribution in [0.25, 0.3) is 0 Å². The quantitative estimate of drug-likeness (QED) is 0.602. The summed E-state index contributed by atoms with van der Waals surface area (Å²) in [5.41, 5.74) is 1.33. The van der Waals surface area contributed by atoms with Crippen molar-refractivity contribution in [1.82, 2.24) is 19.8 Å². The Kier molecular flexibility index (Phi) is 6.78. The molecule has 1 atom stereocenters. The van der Waals surface area contributed by atoms with Crippen LogP contribution in [0.3, 0.4) is 0 Å². The van der Waals surface area contributed by atoms with Crippen molar-refractivity contribution in [3.8, 4) is 5.75 Å². The van der Waals surface area contributed by atoms with E-state index in [-0.39, 0.29) is 11.6 Å². The number of hydrazine groups is 1. The van der Waals surface area contributed by atoms with Gasteiger partial charge in [0.1, 0.15) is 11.9 Å². The van der Waals surface area contributed by atoms with Crippen LogP contribution in [0.15, 0.2) is 71.7 Å². The average Bonchev–Trinajstić information content (AvgIpc) is 3.04. The first kappa shape index (κ1) is 21.9. The van der Waals surface area contributed by atoms with Crippen LogP contribution < -0.4 is 5.43 Å². The number of aldehydes is 1. The van der Waals surface area contributed by atoms with Gasteiger partial charge in [0, 0.05) is 26.1 Å². The fourth-order valence-electron chi connectivity index (χ4n) is 4.51. The topological polar surface area (TPSA) is 78.7 Å². The van der Waals surface area contributed by atoms with Crippen LogP contribution in [0.1, 0.15) is 53.0 Å². The van der Waals surface area contributed by atoms with Crippen molar-refractivity contribution < 1.29 is 9.90 Å². The Labute approximate surface area is 187 Å². The van der Waals surface area contributed by atoms with Gasteiger partial charge in [-0.1, -0.05) is 67.1 Å². The standard InChI is InChI=1S/C25H28N4O3/c1-27-15-9-4-10-16-28(27)25(29-21(18-30)24(32)22(31)17-26-29)23(19-11-5-2-6-12-19)20-13-7-3-8-14-20/h2-3,5-8,11-14,17-18,23,25,32H,4,9-10,15-16H2,1H3. The molecule has 2 heterocycles. The molecule has 1 N–H and O–H groups in total. The highest BCUT2D eigenvalue weighted by atomic mass is 16.3. The van der Waals surface area contributed by atoms with Crippen molar-refractivity contribution in [2.75, 3.05) is 20.1 Å². The van der Waals surface area contributed by atoms with E-state index in [0.717, 1.165) is 49.7 Å². The Balaban J connectivity index is 1.98. The van der Waals surface area contributed by atoms with Crippen molar-refractivity contribution >= 4 is 6.29 Å². The molecular weight excluding hydrogens is 404 g/mol. The van der Waals surface area contributed by atoms with Gasteiger partial charge in [0.05, 0.1) is 6.20 Å². The van der Waals surface area contributed by atoms with Crippen LogP contribution in [0, 0.1) is 0 Å². The van der Waals surface area contributed by atoms with Gasteiger partial charge in [-0.05, 0) is 24.0 Å². The lowest BCUT2D eigenvalue weighted by molar-refractivity contribution is -0.0723. The summed E-state index contributed by atoms with van der Waals surface area (Å²) in [5.74, 6) is -0.775. The lowest BCUT2D eigenvalue weighted by atomic mass is 9.88. The lowest BCUT2D eigenvalue weighted by Crippen LogP contribution is -2.48. The van der Waals surface area contributed by atoms with Gasteiger partial charge in [-0.2, -0.15) is 5.10 Å². The Morgan fingerprint density at radius 3 is 2.12 bits per heavy atom. The summed E-state index contributed by atoms with van der Waals surface area (Å²) in [6.07, 6.45) is 4.32. The number of hydrogen-bond acceptors (Lipinski definition) is 6. The molecule has 1 aliphatic rings. The van der Waals surface area contributed by atoms with E-state index in [4.69, 9.17) is 0 Å². The van der Waals surface area contributed by atoms with Crippen molar-refractivity contribution in [3.05, 3.63) is 93.9 Å². The van der Waals surface area contributed by atoms with Gasteiger partial charge in [0.2, 0.25) is 5.43 Å². The molecule has 0 amide bonds. The molecule has 0 saturated carbocycles. The smallest absolute Gasteiger partial charge is 0.242 e. The van der Waals surface area contributed by atoms with E-state index in [1.54, 1.807) is 0 Å². The van der Waals surface area contributed by atoms with Crippen molar-refractivity contribution in [1.29, 1.82) is 0 Å². The second-order valence-corrected chi connectivity index (χ2v) is 8.12. The van der Waals surface area contributed by atoms with E-state index in [2.05, 4.69) is 39.4 Å². The van der Waals surface area contributed by atoms with Crippen molar-refractivity contribution in [2.45, 2.75) is 31.3 Å². The normalized spacial score (nSPS) is 16.6. The number of nitrogens with zero attached hydrogens (tertiary/aromatic N) is 4. The van der Waals surface area contributed by atoms with Crippen LogP contribution in [-0.2, 0) is 0 Å². The monoisotopic (exact) mass is 432 g/mol. The first-order valence-corrected chi connectivity index (χ1v) is 11.0. The Morgan fingerprint density at radius 2 is 1.53 bits per heavy atom. The predicted octanol–water partition coefficient (Wildman–Crippen LogP) is 3.42. The first-order valence-electron chi connectivity index (χ1n) is 11.0. The minimum Gasteiger partial charge on any atom is -0.503 e. The zero-order valence-electron chi connectivity index (χ0n) is 18.2. The zero-order valence-corrected chi connectivity index (χ0v) is 18.2. The number of carbonyl (C=O) groups is 1. The lowest BCUT2D eigenvalue weighted by Gasteiger charge is -2.42. The number of benzene rings is 2. The maximum absolute atomic E-state index is 12.1. The SMILES string of the molecule is CN1CCCCCN1C(C(c1ccccc1)c1ccccc1)n1ncc(=O)c(O)c1C=O. The van der Waals surface area contributed by atoms with E-state index < -0.39 is 17.3 Å². The van der Waals surface area contributed by atoms with Gasteiger partial charge in [-0.15, -0.1) is 0 Å². The van der Waals surface area contributed by atoms with Gasteiger partial charge < -0.3 is 5.11 Å². The maximum Gasteiger partial charge on any atom is 0.242 e. The van der Waals surface area contributed by atoms with Crippen molar-refractivity contribution in [2.24, 2.45) is 0 Å². The Morgan fingerprint density at radius 1 is 0.938 bits per heavy atom. The molecule has 0 aliphatic carbocycles. The molecule has 1 unspecified atom stereocenters. The second kappa shape index (κ2) is 9.89. The number of hydrogen-bond donors (Lipinski definition) is 1. The molecule has 3 aromatic rings. The third-order valence-corrected chi connectivity index (χ3v) is 6.11. The molecule has 7 nitrogen and oxygen atoms in total. The summed E-state index contributed by atoms with van der Waals surface area (Å²) in [6, 6.07) is 20.2. The highest BCUT2D eigenvalue weighted by Crippen LogP contribution is 2.39. The predicted molar refractivity (Wildman–Crippen MR) is 123 cm³/mol. The van der Waals surface area contributed by atoms with Gasteiger partial charge in [0.15, 0.2) is 12.0 Å². The van der Waals surface area contributed by atoms with Gasteiger partial charge in [-0.25, -0.2) is 14.7 Å². The Bertz CT molecular complexity index is 1060. The number of rotatable bonds is 6. The third kappa shape index (κ3) is 4.35. The van der Waals surface area contributed by atoms with Crippen LogP contribution in [-0.4, -0.2) is 51.3 Å². The van der Waals surface area contributed by atoms with E-state index in [9.17, 15) is 14.7 Å². The fraction of sp³-hybridized carbons (Fsp3) is 0.320. The molecule has 1 aliphatic heterocycles. The molecule has 1 aromatic heterocycles. The molecule has 0 radical (unpaired) electrons. The van der Waals surface area contributed by atoms with E-state index >= 15 is 0 Å². The van der Waals surface area contributed by atoms with Crippen LogP contribution in [0.4, 0.5) is 0 Å². The average molecular weight is 433 g/mol. The molecule has 0 bridgehead atoms. The molecule has 32 heavy (non-hydrogen) atoms. The summed E-state index contributed by atoms with van der Waals surface area (Å²) in [7, 11) is 2.04. The zero-order chi connectivity index (χ0) is 22.5. The van der Waals surface area contributed by atoms with Gasteiger partial charge in [-0.3, -0.25) is 9.59 Å². The molecule has 7 heteroatoms. The summed E-state index contributed by atoms with van der Waals surface area (Å²) in [4.78, 5) is 24.1. The minimum atomic E-state index is -0.665. The van der Waals surface area contributed by atoms with E-state index in [1.165, 1.54) is 4.68 Å². The minimum absolute atomic E-state index is 0.114. The van der Waals surface area contributed by atoms with E-state index in [1.807, 2.05) is 43.4 Å². The molecular formula is C25H28N4O3. The molecule has 2 aromatic carbocycles. The molecule has 1 fully saturated rings. The highest BCUT2D eigenvalue weighted by molar-refractivity contribution is 5.76. The highest BCUT2D eigenvalue weighted by Gasteiger charge is 2.36. The van der Waals surface area contributed by atoms with E-state index in [0.29, 0.717) is 6.29 Å². The summed E-state index contributed by atoms with van der Waals surface area (Å²) in [6.45, 7) is 1.64. The van der Waals surface area contributed by atoms with Crippen LogP contribution in [0.2, 0.25) is 0 Å². The number of aromatic hydroxyl groups is 1. The maximum atomic E-state index is 12.1. The third-order valence-electron chi connectivity index (χ3n) is 6.11. The van der Waals surface area contributed by atoms with Crippen LogP contribution in [0.5, 0.6) is 5.75 Å². The molecule has 0 spiro atoms. The number of aromatic nitrogens is 2. The summed E-state index contributed by atoms with van der Waals surface area (Å²) < 4.78 is 1.51. The summed E-state index contributed by atoms with van der Waals surface area (Å²) >= 11 is 0. The van der Waals surface area contributed by atoms with Gasteiger partial charge >= 0.3 is 0 Å². The molecule has 1 saturated heterocycles. The molecule has 166 valence electrons. The Hall–Kier alpha value is -3.29.